The van der Waals surface area contributed by atoms with Crippen LogP contribution in [0, 0.1) is 0 Å². The van der Waals surface area contributed by atoms with Gasteiger partial charge in [0, 0.05) is 49.4 Å². The number of fused-ring (bicyclic) bond motifs is 2. The number of carbonyl (C=O) groups is 2. The van der Waals surface area contributed by atoms with Gasteiger partial charge in [-0.3, -0.25) is 9.69 Å². The van der Waals surface area contributed by atoms with Crippen LogP contribution in [-0.2, 0) is 24.3 Å². The number of anilines is 1. The maximum Gasteiger partial charge on any atom is 0.410 e. The minimum atomic E-state index is -0.747. The summed E-state index contributed by atoms with van der Waals surface area (Å²) in [5.41, 5.74) is 12.6. The summed E-state index contributed by atoms with van der Waals surface area (Å²) in [6.07, 6.45) is 3.78. The minimum Gasteiger partial charge on any atom is -0.445 e. The number of amidine groups is 1. The van der Waals surface area contributed by atoms with Crippen molar-refractivity contribution in [1.29, 1.82) is 0 Å². The van der Waals surface area contributed by atoms with Gasteiger partial charge >= 0.3 is 6.09 Å². The Labute approximate surface area is 259 Å². The molecule has 0 saturated carbocycles. The molecule has 9 heteroatoms. The number of hydrogen-bond acceptors (Lipinski definition) is 7. The fraction of sp³-hybridized carbons (Fsp3) is 0.343. The van der Waals surface area contributed by atoms with Gasteiger partial charge in [-0.15, -0.1) is 0 Å². The average molecular weight is 596 g/mol. The van der Waals surface area contributed by atoms with Crippen LogP contribution >= 0.6 is 0 Å². The van der Waals surface area contributed by atoms with Crippen LogP contribution in [0.5, 0.6) is 0 Å². The van der Waals surface area contributed by atoms with Crippen molar-refractivity contribution in [1.82, 2.24) is 9.80 Å². The molecule has 1 atom stereocenters. The number of aliphatic hydroxyl groups is 1. The molecule has 0 aliphatic carbocycles. The van der Waals surface area contributed by atoms with Crippen LogP contribution < -0.4 is 11.1 Å². The first kappa shape index (κ1) is 31.0. The van der Waals surface area contributed by atoms with E-state index in [0.717, 1.165) is 53.8 Å². The summed E-state index contributed by atoms with van der Waals surface area (Å²) in [5, 5.41) is 14.1. The number of nitrogens with one attached hydrogen (secondary N) is 1. The van der Waals surface area contributed by atoms with Crippen molar-refractivity contribution in [2.75, 3.05) is 25.0 Å². The highest BCUT2D eigenvalue weighted by Gasteiger charge is 2.24. The lowest BCUT2D eigenvalue weighted by molar-refractivity contribution is 0.0323. The molecule has 2 amide bonds. The van der Waals surface area contributed by atoms with E-state index in [9.17, 15) is 14.7 Å². The first-order chi connectivity index (χ1) is 21.3. The third-order valence-electron chi connectivity index (χ3n) is 7.92. The van der Waals surface area contributed by atoms with Crippen molar-refractivity contribution in [2.24, 2.45) is 10.7 Å². The summed E-state index contributed by atoms with van der Waals surface area (Å²) in [6.45, 7) is 6.98. The van der Waals surface area contributed by atoms with Crippen LogP contribution in [0.1, 0.15) is 65.7 Å². The maximum absolute atomic E-state index is 13.3. The van der Waals surface area contributed by atoms with Crippen molar-refractivity contribution >= 4 is 35.3 Å². The molecule has 0 bridgehead atoms. The van der Waals surface area contributed by atoms with Gasteiger partial charge in [0.25, 0.3) is 5.91 Å². The van der Waals surface area contributed by atoms with Gasteiger partial charge in [0.1, 0.15) is 18.7 Å². The molecule has 4 N–H and O–H groups in total. The van der Waals surface area contributed by atoms with E-state index in [2.05, 4.69) is 29.1 Å². The highest BCUT2D eigenvalue weighted by atomic mass is 16.6. The summed E-state index contributed by atoms with van der Waals surface area (Å²) in [4.78, 5) is 34.3. The van der Waals surface area contributed by atoms with E-state index in [1.807, 2.05) is 60.7 Å². The number of carbonyl (C=O) groups excluding carboxylic acids is 2. The van der Waals surface area contributed by atoms with Crippen LogP contribution in [0.15, 0.2) is 77.3 Å². The maximum atomic E-state index is 13.3. The van der Waals surface area contributed by atoms with Crippen molar-refractivity contribution < 1.29 is 19.4 Å². The summed E-state index contributed by atoms with van der Waals surface area (Å²) < 4.78 is 5.53. The monoisotopic (exact) mass is 595 g/mol. The van der Waals surface area contributed by atoms with Crippen LogP contribution in [-0.4, -0.2) is 58.6 Å². The highest BCUT2D eigenvalue weighted by molar-refractivity contribution is 6.05. The molecule has 0 fully saturated rings. The molecule has 0 radical (unpaired) electrons. The number of nitrogens with zero attached hydrogens (tertiary/aromatic N) is 3. The second kappa shape index (κ2) is 14.3. The Kier molecular flexibility index (Phi) is 10.1. The van der Waals surface area contributed by atoms with Crippen molar-refractivity contribution in [3.63, 3.8) is 0 Å². The van der Waals surface area contributed by atoms with Crippen molar-refractivity contribution in [3.8, 4) is 0 Å². The predicted octanol–water partition coefficient (Wildman–Crippen LogP) is 5.85. The molecule has 2 heterocycles. The summed E-state index contributed by atoms with van der Waals surface area (Å²) in [7, 11) is 0. The number of aliphatic hydroxyl groups excluding tert-OH is 1. The molecule has 230 valence electrons. The number of ether oxygens (including phenoxy) is 1. The average Bonchev–Trinajstić information content (AvgIpc) is 3.20. The SMILES string of the molecule is CCCN(CCC)C(O)C1=Cc2ccc(C(=O)Nc3ccc4c(c3)CN(C(=O)OCc3ccccc3)CC4)cc2N=C(N)C1. The van der Waals surface area contributed by atoms with E-state index < -0.39 is 6.23 Å². The molecule has 0 aromatic heterocycles. The Balaban J connectivity index is 1.26. The molecule has 3 aromatic carbocycles. The van der Waals surface area contributed by atoms with Gasteiger partial charge in [-0.1, -0.05) is 56.3 Å². The molecule has 2 aliphatic rings. The standard InChI is InChI=1S/C35H41N5O4/c1-3-15-39(16-4-2)34(42)28-18-26-10-11-27(20-31(26)38-32(36)21-28)33(41)37-30-13-12-25-14-17-40(22-29(25)19-30)35(43)44-23-24-8-6-5-7-9-24/h5-13,18-20,34,42H,3-4,14-17,21-23H2,1-2H3,(H2,36,38)(H,37,41). The quantitative estimate of drug-likeness (QED) is 0.253. The molecule has 44 heavy (non-hydrogen) atoms. The van der Waals surface area contributed by atoms with Crippen LogP contribution in [0.2, 0.25) is 0 Å². The molecule has 3 aromatic rings. The van der Waals surface area contributed by atoms with E-state index in [0.29, 0.717) is 48.7 Å². The predicted molar refractivity (Wildman–Crippen MR) is 174 cm³/mol. The fourth-order valence-electron chi connectivity index (χ4n) is 5.69. The lowest BCUT2D eigenvalue weighted by atomic mass is 9.99. The third-order valence-corrected chi connectivity index (χ3v) is 7.92. The Bertz CT molecular complexity index is 1550. The molecule has 9 nitrogen and oxygen atoms in total. The van der Waals surface area contributed by atoms with E-state index in [1.54, 1.807) is 17.0 Å². The van der Waals surface area contributed by atoms with E-state index in [4.69, 9.17) is 10.5 Å². The van der Waals surface area contributed by atoms with Crippen LogP contribution in [0.25, 0.3) is 6.08 Å². The van der Waals surface area contributed by atoms with E-state index >= 15 is 0 Å². The van der Waals surface area contributed by atoms with Crippen LogP contribution in [0.4, 0.5) is 16.2 Å². The van der Waals surface area contributed by atoms with Gasteiger partial charge in [-0.25, -0.2) is 9.79 Å². The molecular formula is C35H41N5O4. The molecule has 5 rings (SSSR count). The Morgan fingerprint density at radius 2 is 1.82 bits per heavy atom. The zero-order chi connectivity index (χ0) is 31.1. The van der Waals surface area contributed by atoms with Gasteiger partial charge in [0.2, 0.25) is 0 Å². The lowest BCUT2D eigenvalue weighted by Gasteiger charge is -2.29. The fourth-order valence-corrected chi connectivity index (χ4v) is 5.69. The normalized spacial score (nSPS) is 15.0. The largest absolute Gasteiger partial charge is 0.445 e. The topological polar surface area (TPSA) is 120 Å². The number of benzene rings is 3. The number of hydrogen-bond donors (Lipinski definition) is 3. The van der Waals surface area contributed by atoms with E-state index in [-0.39, 0.29) is 18.6 Å². The van der Waals surface area contributed by atoms with E-state index in [1.165, 1.54) is 0 Å². The van der Waals surface area contributed by atoms with Crippen molar-refractivity contribution in [2.45, 2.75) is 58.9 Å². The Morgan fingerprint density at radius 1 is 1.05 bits per heavy atom. The second-order valence-corrected chi connectivity index (χ2v) is 11.3. The molecule has 2 aliphatic heterocycles. The van der Waals surface area contributed by atoms with Gasteiger partial charge in [-0.05, 0) is 71.9 Å². The van der Waals surface area contributed by atoms with Gasteiger partial charge < -0.3 is 25.8 Å². The van der Waals surface area contributed by atoms with Gasteiger partial charge in [-0.2, -0.15) is 0 Å². The number of rotatable bonds is 10. The summed E-state index contributed by atoms with van der Waals surface area (Å²) in [6, 6.07) is 20.7. The second-order valence-electron chi connectivity index (χ2n) is 11.3. The highest BCUT2D eigenvalue weighted by Crippen LogP contribution is 2.30. The minimum absolute atomic E-state index is 0.226. The molecule has 0 saturated heterocycles. The smallest absolute Gasteiger partial charge is 0.410 e. The first-order valence-electron chi connectivity index (χ1n) is 15.3. The van der Waals surface area contributed by atoms with Crippen LogP contribution in [0.3, 0.4) is 0 Å². The number of amides is 2. The molecule has 1 unspecified atom stereocenters. The zero-order valence-electron chi connectivity index (χ0n) is 25.5. The number of aliphatic imine (C=N–C) groups is 1. The number of nitrogens with two attached hydrogens (primary N) is 1. The first-order valence-corrected chi connectivity index (χ1v) is 15.3. The molecular weight excluding hydrogens is 554 g/mol. The van der Waals surface area contributed by atoms with Crippen molar-refractivity contribution in [3.05, 3.63) is 100 Å². The Hall–Kier alpha value is -4.47. The lowest BCUT2D eigenvalue weighted by Crippen LogP contribution is -2.38. The van der Waals surface area contributed by atoms with Gasteiger partial charge in [0.05, 0.1) is 5.69 Å². The molecule has 0 spiro atoms. The zero-order valence-corrected chi connectivity index (χ0v) is 25.5. The summed E-state index contributed by atoms with van der Waals surface area (Å²) >= 11 is 0. The third kappa shape index (κ3) is 7.53. The Morgan fingerprint density at radius 3 is 2.57 bits per heavy atom. The van der Waals surface area contributed by atoms with Gasteiger partial charge in [0.15, 0.2) is 0 Å². The summed E-state index contributed by atoms with van der Waals surface area (Å²) in [5.74, 6) is 0.114.